The van der Waals surface area contributed by atoms with Crippen LogP contribution in [-0.2, 0) is 4.79 Å². The highest BCUT2D eigenvalue weighted by Crippen LogP contribution is 2.20. The van der Waals surface area contributed by atoms with Crippen LogP contribution < -0.4 is 10.6 Å². The number of benzene rings is 1. The van der Waals surface area contributed by atoms with E-state index in [1.54, 1.807) is 0 Å². The Morgan fingerprint density at radius 2 is 2.06 bits per heavy atom. The minimum absolute atomic E-state index is 0.0819. The van der Waals surface area contributed by atoms with Gasteiger partial charge in [0.15, 0.2) is 0 Å². The lowest BCUT2D eigenvalue weighted by Gasteiger charge is -2.10. The van der Waals surface area contributed by atoms with Crippen molar-refractivity contribution in [3.8, 4) is 12.3 Å². The van der Waals surface area contributed by atoms with Gasteiger partial charge in [0.25, 0.3) is 0 Å². The maximum absolute atomic E-state index is 11.5. The molecular formula is C15H20N2O. The van der Waals surface area contributed by atoms with Gasteiger partial charge in [-0.2, -0.15) is 0 Å². The quantitative estimate of drug-likeness (QED) is 0.596. The molecule has 0 aliphatic rings. The first-order valence-electron chi connectivity index (χ1n) is 6.21. The fourth-order valence-corrected chi connectivity index (χ4v) is 1.58. The van der Waals surface area contributed by atoms with Gasteiger partial charge in [0.1, 0.15) is 0 Å². The van der Waals surface area contributed by atoms with Gasteiger partial charge in [0, 0.05) is 5.69 Å². The number of rotatable bonds is 6. The molecule has 0 spiro atoms. The second kappa shape index (κ2) is 7.52. The van der Waals surface area contributed by atoms with Crippen molar-refractivity contribution < 1.29 is 4.79 Å². The smallest absolute Gasteiger partial charge is 0.238 e. The molecule has 3 heteroatoms. The first-order valence-corrected chi connectivity index (χ1v) is 6.21. The first-order chi connectivity index (χ1) is 8.67. The van der Waals surface area contributed by atoms with Crippen LogP contribution in [0.3, 0.4) is 0 Å². The fraction of sp³-hybridized carbons (Fsp3) is 0.400. The maximum Gasteiger partial charge on any atom is 0.238 e. The summed E-state index contributed by atoms with van der Waals surface area (Å²) < 4.78 is 0. The Morgan fingerprint density at radius 1 is 1.39 bits per heavy atom. The largest absolute Gasteiger partial charge is 0.325 e. The zero-order chi connectivity index (χ0) is 13.4. The summed E-state index contributed by atoms with van der Waals surface area (Å²) in [5, 5.41) is 5.66. The van der Waals surface area contributed by atoms with Crippen molar-refractivity contribution in [3.63, 3.8) is 0 Å². The van der Waals surface area contributed by atoms with E-state index in [9.17, 15) is 4.79 Å². The van der Waals surface area contributed by atoms with Gasteiger partial charge in [-0.05, 0) is 30.0 Å². The minimum atomic E-state index is -0.0819. The predicted octanol–water partition coefficient (Wildman–Crippen LogP) is 2.36. The van der Waals surface area contributed by atoms with Crippen LogP contribution in [0.2, 0.25) is 0 Å². The number of hydrogen-bond donors (Lipinski definition) is 2. The molecule has 2 N–H and O–H groups in total. The zero-order valence-electron chi connectivity index (χ0n) is 11.0. The van der Waals surface area contributed by atoms with E-state index >= 15 is 0 Å². The van der Waals surface area contributed by atoms with E-state index in [1.807, 2.05) is 12.1 Å². The highest BCUT2D eigenvalue weighted by Gasteiger charge is 2.04. The van der Waals surface area contributed by atoms with Crippen molar-refractivity contribution in [3.05, 3.63) is 29.8 Å². The lowest BCUT2D eigenvalue weighted by molar-refractivity contribution is -0.115. The van der Waals surface area contributed by atoms with Crippen LogP contribution in [0.1, 0.15) is 31.7 Å². The number of anilines is 1. The van der Waals surface area contributed by atoms with Crippen molar-refractivity contribution >= 4 is 11.6 Å². The summed E-state index contributed by atoms with van der Waals surface area (Å²) in [5.41, 5.74) is 2.11. The van der Waals surface area contributed by atoms with Gasteiger partial charge in [0.2, 0.25) is 5.91 Å². The molecule has 1 amide bonds. The van der Waals surface area contributed by atoms with Crippen LogP contribution in [0.4, 0.5) is 5.69 Å². The van der Waals surface area contributed by atoms with Gasteiger partial charge in [-0.3, -0.25) is 10.1 Å². The second-order valence-corrected chi connectivity index (χ2v) is 4.29. The maximum atomic E-state index is 11.5. The second-order valence-electron chi connectivity index (χ2n) is 4.29. The van der Waals surface area contributed by atoms with Crippen LogP contribution in [0.5, 0.6) is 0 Å². The van der Waals surface area contributed by atoms with E-state index in [4.69, 9.17) is 6.42 Å². The Bertz CT molecular complexity index is 417. The van der Waals surface area contributed by atoms with Crippen LogP contribution in [0.25, 0.3) is 0 Å². The summed E-state index contributed by atoms with van der Waals surface area (Å²) in [6, 6.07) is 7.97. The van der Waals surface area contributed by atoms with Gasteiger partial charge in [-0.25, -0.2) is 0 Å². The van der Waals surface area contributed by atoms with Crippen LogP contribution in [-0.4, -0.2) is 19.0 Å². The fourth-order valence-electron chi connectivity index (χ4n) is 1.58. The monoisotopic (exact) mass is 244 g/mol. The van der Waals surface area contributed by atoms with E-state index in [0.717, 1.165) is 12.1 Å². The molecule has 1 aromatic carbocycles. The molecule has 0 aliphatic carbocycles. The summed E-state index contributed by atoms with van der Waals surface area (Å²) in [6.45, 7) is 4.99. The highest BCUT2D eigenvalue weighted by atomic mass is 16.1. The minimum Gasteiger partial charge on any atom is -0.325 e. The number of carbonyl (C=O) groups is 1. The highest BCUT2D eigenvalue weighted by molar-refractivity contribution is 5.92. The van der Waals surface area contributed by atoms with Gasteiger partial charge >= 0.3 is 0 Å². The van der Waals surface area contributed by atoms with E-state index in [1.165, 1.54) is 5.56 Å². The van der Waals surface area contributed by atoms with Crippen molar-refractivity contribution in [1.29, 1.82) is 0 Å². The summed E-state index contributed by atoms with van der Waals surface area (Å²) >= 11 is 0. The molecule has 0 saturated heterocycles. The van der Waals surface area contributed by atoms with Crippen LogP contribution in [0.15, 0.2) is 24.3 Å². The topological polar surface area (TPSA) is 41.1 Å². The molecule has 1 aromatic rings. The van der Waals surface area contributed by atoms with Crippen molar-refractivity contribution in [1.82, 2.24) is 5.32 Å². The number of nitrogens with one attached hydrogen (secondary N) is 2. The third-order valence-corrected chi connectivity index (χ3v) is 2.89. The van der Waals surface area contributed by atoms with Gasteiger partial charge < -0.3 is 5.32 Å². The SMILES string of the molecule is C#CCNCC(=O)Nc1ccc([C@@H](C)CC)cc1. The lowest BCUT2D eigenvalue weighted by atomic mass is 9.99. The van der Waals surface area contributed by atoms with Crippen molar-refractivity contribution in [2.75, 3.05) is 18.4 Å². The molecule has 3 nitrogen and oxygen atoms in total. The summed E-state index contributed by atoms with van der Waals surface area (Å²) in [4.78, 5) is 11.5. The summed E-state index contributed by atoms with van der Waals surface area (Å²) in [6.07, 6.45) is 6.19. The number of carbonyl (C=O) groups excluding carboxylic acids is 1. The third-order valence-electron chi connectivity index (χ3n) is 2.89. The lowest BCUT2D eigenvalue weighted by Crippen LogP contribution is -2.28. The molecule has 0 radical (unpaired) electrons. The van der Waals surface area contributed by atoms with Gasteiger partial charge in [-0.15, -0.1) is 6.42 Å². The predicted molar refractivity (Wildman–Crippen MR) is 75.5 cm³/mol. The molecular weight excluding hydrogens is 224 g/mol. The standard InChI is InChI=1S/C15H20N2O/c1-4-10-16-11-15(18)17-14-8-6-13(7-9-14)12(3)5-2/h1,6-9,12,16H,5,10-11H2,2-3H3,(H,17,18)/t12-/m0/s1. The summed E-state index contributed by atoms with van der Waals surface area (Å²) in [5.74, 6) is 2.89. The molecule has 0 aliphatic heterocycles. The molecule has 0 fully saturated rings. The Labute approximate surface area is 109 Å². The Hall–Kier alpha value is -1.79. The van der Waals surface area contributed by atoms with Crippen LogP contribution >= 0.6 is 0 Å². The molecule has 0 aromatic heterocycles. The van der Waals surface area contributed by atoms with Gasteiger partial charge in [0.05, 0.1) is 13.1 Å². The van der Waals surface area contributed by atoms with E-state index in [-0.39, 0.29) is 12.5 Å². The number of hydrogen-bond acceptors (Lipinski definition) is 2. The van der Waals surface area contributed by atoms with Crippen molar-refractivity contribution in [2.45, 2.75) is 26.2 Å². The van der Waals surface area contributed by atoms with Gasteiger partial charge in [-0.1, -0.05) is 31.9 Å². The first kappa shape index (κ1) is 14.3. The Balaban J connectivity index is 2.48. The van der Waals surface area contributed by atoms with Crippen LogP contribution in [0, 0.1) is 12.3 Å². The zero-order valence-corrected chi connectivity index (χ0v) is 11.0. The molecule has 0 saturated carbocycles. The molecule has 96 valence electrons. The molecule has 0 bridgehead atoms. The molecule has 1 atom stereocenters. The molecule has 1 rings (SSSR count). The molecule has 18 heavy (non-hydrogen) atoms. The number of amides is 1. The summed E-state index contributed by atoms with van der Waals surface area (Å²) in [7, 11) is 0. The average Bonchev–Trinajstić information content (AvgIpc) is 2.39. The number of terminal acetylenes is 1. The van der Waals surface area contributed by atoms with Crippen molar-refractivity contribution in [2.24, 2.45) is 0 Å². The molecule has 0 unspecified atom stereocenters. The normalized spacial score (nSPS) is 11.6. The third kappa shape index (κ3) is 4.60. The Kier molecular flexibility index (Phi) is 5.96. The average molecular weight is 244 g/mol. The van der Waals surface area contributed by atoms with E-state index in [2.05, 4.69) is 42.5 Å². The van der Waals surface area contributed by atoms with E-state index < -0.39 is 0 Å². The van der Waals surface area contributed by atoms with E-state index in [0.29, 0.717) is 12.5 Å². The molecule has 0 heterocycles. The Morgan fingerprint density at radius 3 is 2.61 bits per heavy atom.